The Morgan fingerprint density at radius 3 is 2.53 bits per heavy atom. The Labute approximate surface area is 120 Å². The molecule has 5 heteroatoms. The van der Waals surface area contributed by atoms with E-state index < -0.39 is 11.4 Å². The molecule has 0 aromatic rings. The summed E-state index contributed by atoms with van der Waals surface area (Å²) < 4.78 is 20.2. The largest absolute Gasteiger partial charge is 0.598 e. The van der Waals surface area contributed by atoms with Crippen LogP contribution >= 0.6 is 0 Å². The van der Waals surface area contributed by atoms with Gasteiger partial charge in [-0.25, -0.2) is 0 Å². The molecule has 112 valence electrons. The first-order valence-electron chi connectivity index (χ1n) is 7.10. The second-order valence-corrected chi connectivity index (χ2v) is 8.34. The standard InChI is InChI=1S/C14H27NO3S/c1-6-18-13(16)11-7-8-12(10(2)9-11)15-19(17)14(3,4)5/h10-12,15H,6-9H2,1-5H3/t10-,11-,12-,19?/m0/s1. The van der Waals surface area contributed by atoms with Crippen LogP contribution in [0.4, 0.5) is 0 Å². The second kappa shape index (κ2) is 6.95. The third-order valence-electron chi connectivity index (χ3n) is 3.60. The number of rotatable bonds is 4. The number of esters is 1. The predicted octanol–water partition coefficient (Wildman–Crippen LogP) is 2.41. The quantitative estimate of drug-likeness (QED) is 0.638. The normalized spacial score (nSPS) is 29.9. The van der Waals surface area contributed by atoms with Crippen molar-refractivity contribution in [2.75, 3.05) is 6.61 Å². The van der Waals surface area contributed by atoms with Crippen LogP contribution in [0.1, 0.15) is 53.9 Å². The van der Waals surface area contributed by atoms with Crippen LogP contribution in [0, 0.1) is 11.8 Å². The molecule has 4 atom stereocenters. The van der Waals surface area contributed by atoms with Crippen LogP contribution in [-0.4, -0.2) is 27.9 Å². The lowest BCUT2D eigenvalue weighted by atomic mass is 9.79. The molecule has 0 aromatic carbocycles. The van der Waals surface area contributed by atoms with Crippen LogP contribution in [0.5, 0.6) is 0 Å². The highest BCUT2D eigenvalue weighted by molar-refractivity contribution is 7.90. The monoisotopic (exact) mass is 289 g/mol. The highest BCUT2D eigenvalue weighted by Gasteiger charge is 2.36. The number of carbonyl (C=O) groups excluding carboxylic acids is 1. The van der Waals surface area contributed by atoms with Crippen molar-refractivity contribution in [3.63, 3.8) is 0 Å². The highest BCUT2D eigenvalue weighted by atomic mass is 32.2. The summed E-state index contributed by atoms with van der Waals surface area (Å²) in [5.41, 5.74) is 0. The molecule has 0 spiro atoms. The molecule has 0 aliphatic heterocycles. The fraction of sp³-hybridized carbons (Fsp3) is 0.929. The van der Waals surface area contributed by atoms with Gasteiger partial charge >= 0.3 is 5.97 Å². The zero-order chi connectivity index (χ0) is 14.6. The van der Waals surface area contributed by atoms with E-state index in [4.69, 9.17) is 4.74 Å². The highest BCUT2D eigenvalue weighted by Crippen LogP contribution is 2.31. The van der Waals surface area contributed by atoms with E-state index >= 15 is 0 Å². The number of ether oxygens (including phenoxy) is 1. The molecule has 1 unspecified atom stereocenters. The van der Waals surface area contributed by atoms with Crippen LogP contribution in [0.2, 0.25) is 0 Å². The molecular weight excluding hydrogens is 262 g/mol. The average molecular weight is 289 g/mol. The van der Waals surface area contributed by atoms with E-state index in [1.165, 1.54) is 0 Å². The Kier molecular flexibility index (Phi) is 6.15. The van der Waals surface area contributed by atoms with Gasteiger partial charge in [0.15, 0.2) is 0 Å². The third-order valence-corrected chi connectivity index (χ3v) is 5.23. The molecule has 0 aromatic heterocycles. The lowest BCUT2D eigenvalue weighted by molar-refractivity contribution is -0.149. The minimum Gasteiger partial charge on any atom is -0.598 e. The second-order valence-electron chi connectivity index (χ2n) is 6.34. The van der Waals surface area contributed by atoms with Crippen LogP contribution in [0.3, 0.4) is 0 Å². The summed E-state index contributed by atoms with van der Waals surface area (Å²) in [5.74, 6) is 0.273. The van der Waals surface area contributed by atoms with Crippen LogP contribution < -0.4 is 4.72 Å². The molecule has 1 saturated carbocycles. The van der Waals surface area contributed by atoms with Crippen molar-refractivity contribution < 1.29 is 14.1 Å². The van der Waals surface area contributed by atoms with E-state index in [9.17, 15) is 9.35 Å². The fourth-order valence-electron chi connectivity index (χ4n) is 2.36. The van der Waals surface area contributed by atoms with Gasteiger partial charge in [-0.3, -0.25) is 4.79 Å². The molecule has 1 aliphatic rings. The molecule has 0 radical (unpaired) electrons. The lowest BCUT2D eigenvalue weighted by Crippen LogP contribution is -2.49. The molecule has 0 heterocycles. The summed E-state index contributed by atoms with van der Waals surface area (Å²) in [5, 5.41) is 0. The maximum atomic E-state index is 12.1. The first-order chi connectivity index (χ1) is 8.75. The van der Waals surface area contributed by atoms with Crippen LogP contribution in [-0.2, 0) is 20.9 Å². The first-order valence-corrected chi connectivity index (χ1v) is 8.25. The van der Waals surface area contributed by atoms with Gasteiger partial charge in [-0.05, 0) is 52.9 Å². The number of hydrogen-bond donors (Lipinski definition) is 1. The Morgan fingerprint density at radius 2 is 2.05 bits per heavy atom. The minimum atomic E-state index is -1.05. The number of carbonyl (C=O) groups is 1. The molecular formula is C14H27NO3S. The van der Waals surface area contributed by atoms with Crippen molar-refractivity contribution in [2.45, 2.75) is 64.7 Å². The molecule has 0 amide bonds. The molecule has 1 rings (SSSR count). The maximum Gasteiger partial charge on any atom is 0.308 e. The van der Waals surface area contributed by atoms with Crippen LogP contribution in [0.25, 0.3) is 0 Å². The summed E-state index contributed by atoms with van der Waals surface area (Å²) in [7, 11) is 0. The topological polar surface area (TPSA) is 61.4 Å². The van der Waals surface area contributed by atoms with Gasteiger partial charge in [-0.15, -0.1) is 4.72 Å². The third kappa shape index (κ3) is 4.97. The zero-order valence-electron chi connectivity index (χ0n) is 12.7. The lowest BCUT2D eigenvalue weighted by Gasteiger charge is -2.35. The Morgan fingerprint density at radius 1 is 1.42 bits per heavy atom. The Balaban J connectivity index is 2.48. The Hall–Kier alpha value is -0.260. The van der Waals surface area contributed by atoms with Crippen molar-refractivity contribution in [1.82, 2.24) is 4.72 Å². The van der Waals surface area contributed by atoms with Crippen molar-refractivity contribution >= 4 is 17.3 Å². The fourth-order valence-corrected chi connectivity index (χ4v) is 3.34. The van der Waals surface area contributed by atoms with E-state index in [1.807, 2.05) is 27.7 Å². The van der Waals surface area contributed by atoms with E-state index in [0.29, 0.717) is 12.5 Å². The van der Waals surface area contributed by atoms with Gasteiger partial charge in [0.2, 0.25) is 0 Å². The van der Waals surface area contributed by atoms with Crippen molar-refractivity contribution in [3.8, 4) is 0 Å². The molecule has 1 fully saturated rings. The maximum absolute atomic E-state index is 12.1. The molecule has 4 nitrogen and oxygen atoms in total. The molecule has 1 N–H and O–H groups in total. The molecule has 0 saturated heterocycles. The van der Waals surface area contributed by atoms with E-state index in [-0.39, 0.29) is 22.7 Å². The molecule has 0 bridgehead atoms. The van der Waals surface area contributed by atoms with Crippen LogP contribution in [0.15, 0.2) is 0 Å². The predicted molar refractivity (Wildman–Crippen MR) is 78.0 cm³/mol. The summed E-state index contributed by atoms with van der Waals surface area (Å²) in [6, 6.07) is 0.228. The summed E-state index contributed by atoms with van der Waals surface area (Å²) in [6.45, 7) is 10.3. The summed E-state index contributed by atoms with van der Waals surface area (Å²) in [6.07, 6.45) is 2.52. The average Bonchev–Trinajstić information content (AvgIpc) is 2.30. The van der Waals surface area contributed by atoms with Crippen molar-refractivity contribution in [3.05, 3.63) is 0 Å². The van der Waals surface area contributed by atoms with Gasteiger partial charge < -0.3 is 9.29 Å². The van der Waals surface area contributed by atoms with Gasteiger partial charge in [0.1, 0.15) is 4.75 Å². The number of nitrogens with one attached hydrogen (secondary N) is 1. The van der Waals surface area contributed by atoms with Gasteiger partial charge in [-0.2, -0.15) is 0 Å². The smallest absolute Gasteiger partial charge is 0.308 e. The minimum absolute atomic E-state index is 0.0103. The van der Waals surface area contributed by atoms with Gasteiger partial charge in [0, 0.05) is 11.4 Å². The molecule has 1 aliphatic carbocycles. The summed E-state index contributed by atoms with van der Waals surface area (Å²) in [4.78, 5) is 11.7. The van der Waals surface area contributed by atoms with Gasteiger partial charge in [-0.1, -0.05) is 6.92 Å². The first kappa shape index (κ1) is 16.8. The van der Waals surface area contributed by atoms with Gasteiger partial charge in [0.25, 0.3) is 0 Å². The zero-order valence-corrected chi connectivity index (χ0v) is 13.5. The van der Waals surface area contributed by atoms with Crippen molar-refractivity contribution in [1.29, 1.82) is 0 Å². The number of hydrogen-bond acceptors (Lipinski definition) is 4. The summed E-state index contributed by atoms with van der Waals surface area (Å²) >= 11 is -1.05. The Bertz CT molecular complexity index is 304. The molecule has 19 heavy (non-hydrogen) atoms. The van der Waals surface area contributed by atoms with E-state index in [1.54, 1.807) is 0 Å². The van der Waals surface area contributed by atoms with E-state index in [2.05, 4.69) is 11.6 Å². The van der Waals surface area contributed by atoms with Crippen molar-refractivity contribution in [2.24, 2.45) is 11.8 Å². The van der Waals surface area contributed by atoms with E-state index in [0.717, 1.165) is 19.3 Å². The SMILES string of the molecule is CCOC(=O)[C@H]1CC[C@H](N[S+]([O-])C(C)(C)C)[C@@H](C)C1. The van der Waals surface area contributed by atoms with Gasteiger partial charge in [0.05, 0.1) is 18.6 Å².